The van der Waals surface area contributed by atoms with Crippen LogP contribution in [0, 0.1) is 5.82 Å². The number of rotatable bonds is 2. The van der Waals surface area contributed by atoms with Crippen LogP contribution in [0.3, 0.4) is 0 Å². The van der Waals surface area contributed by atoms with E-state index in [9.17, 15) is 4.39 Å². The topological polar surface area (TPSA) is 51.8 Å². The van der Waals surface area contributed by atoms with E-state index in [1.807, 2.05) is 6.92 Å². The summed E-state index contributed by atoms with van der Waals surface area (Å²) in [5.41, 5.74) is 7.24. The Morgan fingerprint density at radius 2 is 2.11 bits per heavy atom. The smallest absolute Gasteiger partial charge is 0.161 e. The van der Waals surface area contributed by atoms with Crippen LogP contribution in [0.5, 0.6) is 0 Å². The van der Waals surface area contributed by atoms with Crippen LogP contribution < -0.4 is 5.73 Å². The van der Waals surface area contributed by atoms with Crippen molar-refractivity contribution in [3.63, 3.8) is 0 Å². The number of hydrogen-bond acceptors (Lipinski definition) is 3. The molecule has 0 radical (unpaired) electrons. The third-order valence-corrected chi connectivity index (χ3v) is 3.61. The third kappa shape index (κ3) is 2.47. The third-order valence-electron chi connectivity index (χ3n) is 2.46. The molecular formula is C12H10BrClFN3. The molecule has 2 N–H and O–H groups in total. The first-order valence-electron chi connectivity index (χ1n) is 5.30. The lowest BCUT2D eigenvalue weighted by Gasteiger charge is -2.08. The van der Waals surface area contributed by atoms with Gasteiger partial charge in [-0.25, -0.2) is 14.4 Å². The summed E-state index contributed by atoms with van der Waals surface area (Å²) in [6.07, 6.45) is 0.717. The zero-order chi connectivity index (χ0) is 13.3. The minimum atomic E-state index is -0.471. The van der Waals surface area contributed by atoms with Gasteiger partial charge in [0.2, 0.25) is 0 Å². The number of benzene rings is 1. The van der Waals surface area contributed by atoms with E-state index in [2.05, 4.69) is 25.9 Å². The van der Waals surface area contributed by atoms with Crippen molar-refractivity contribution >= 4 is 33.3 Å². The molecule has 1 aromatic heterocycles. The average Bonchev–Trinajstić information content (AvgIpc) is 2.36. The molecular weight excluding hydrogens is 321 g/mol. The first-order valence-corrected chi connectivity index (χ1v) is 6.47. The summed E-state index contributed by atoms with van der Waals surface area (Å²) in [5, 5.41) is 0.0376. The molecule has 0 unspecified atom stereocenters. The summed E-state index contributed by atoms with van der Waals surface area (Å²) in [5.74, 6) is 0.327. The Morgan fingerprint density at radius 1 is 1.39 bits per heavy atom. The molecule has 0 aliphatic carbocycles. The zero-order valence-corrected chi connectivity index (χ0v) is 11.9. The molecule has 0 aliphatic heterocycles. The number of aromatic nitrogens is 2. The fourth-order valence-corrected chi connectivity index (χ4v) is 2.15. The summed E-state index contributed by atoms with van der Waals surface area (Å²) in [6, 6.07) is 4.34. The van der Waals surface area contributed by atoms with Crippen LogP contribution in [-0.4, -0.2) is 9.97 Å². The van der Waals surface area contributed by atoms with E-state index in [-0.39, 0.29) is 5.02 Å². The molecule has 1 heterocycles. The van der Waals surface area contributed by atoms with Gasteiger partial charge in [-0.2, -0.15) is 0 Å². The van der Waals surface area contributed by atoms with Crippen molar-refractivity contribution in [1.82, 2.24) is 9.97 Å². The molecule has 18 heavy (non-hydrogen) atoms. The maximum Gasteiger partial charge on any atom is 0.161 e. The second-order valence-electron chi connectivity index (χ2n) is 3.68. The van der Waals surface area contributed by atoms with Crippen molar-refractivity contribution in [2.24, 2.45) is 0 Å². The highest BCUT2D eigenvalue weighted by atomic mass is 79.9. The van der Waals surface area contributed by atoms with Gasteiger partial charge in [-0.3, -0.25) is 0 Å². The standard InChI is InChI=1S/C12H10BrClFN3/c1-2-9-10(13)11(16)18-12(17-9)6-3-4-8(15)7(14)5-6/h3-5H,2H2,1H3,(H2,16,17,18). The van der Waals surface area contributed by atoms with Gasteiger partial charge in [-0.1, -0.05) is 18.5 Å². The summed E-state index contributed by atoms with van der Waals surface area (Å²) < 4.78 is 13.8. The molecule has 2 rings (SSSR count). The minimum absolute atomic E-state index is 0.0376. The molecule has 0 amide bonds. The number of hydrogen-bond donors (Lipinski definition) is 1. The molecule has 2 aromatic rings. The van der Waals surface area contributed by atoms with E-state index < -0.39 is 5.82 Å². The van der Waals surface area contributed by atoms with Gasteiger partial charge in [0.1, 0.15) is 11.6 Å². The minimum Gasteiger partial charge on any atom is -0.383 e. The van der Waals surface area contributed by atoms with Crippen molar-refractivity contribution in [3.05, 3.63) is 39.2 Å². The molecule has 0 aliphatic rings. The van der Waals surface area contributed by atoms with Crippen LogP contribution >= 0.6 is 27.5 Å². The van der Waals surface area contributed by atoms with Gasteiger partial charge in [-0.15, -0.1) is 0 Å². The summed E-state index contributed by atoms with van der Waals surface area (Å²) in [7, 11) is 0. The summed E-state index contributed by atoms with van der Waals surface area (Å²) in [4.78, 5) is 8.53. The summed E-state index contributed by atoms with van der Waals surface area (Å²) in [6.45, 7) is 1.97. The Bertz CT molecular complexity index is 604. The first kappa shape index (κ1) is 13.2. The molecule has 0 fully saturated rings. The van der Waals surface area contributed by atoms with Gasteiger partial charge in [0, 0.05) is 5.56 Å². The van der Waals surface area contributed by atoms with Crippen molar-refractivity contribution in [1.29, 1.82) is 0 Å². The number of anilines is 1. The molecule has 1 aromatic carbocycles. The fraction of sp³-hybridized carbons (Fsp3) is 0.167. The molecule has 0 bridgehead atoms. The maximum atomic E-state index is 13.1. The van der Waals surface area contributed by atoms with Crippen LogP contribution in [0.25, 0.3) is 11.4 Å². The average molecular weight is 331 g/mol. The normalized spacial score (nSPS) is 10.7. The van der Waals surface area contributed by atoms with Crippen LogP contribution in [0.1, 0.15) is 12.6 Å². The van der Waals surface area contributed by atoms with Gasteiger partial charge in [-0.05, 0) is 40.5 Å². The number of nitrogen functional groups attached to an aromatic ring is 1. The highest BCUT2D eigenvalue weighted by molar-refractivity contribution is 9.10. The Morgan fingerprint density at radius 3 is 2.72 bits per heavy atom. The van der Waals surface area contributed by atoms with Crippen molar-refractivity contribution in [2.45, 2.75) is 13.3 Å². The molecule has 94 valence electrons. The molecule has 0 spiro atoms. The second-order valence-corrected chi connectivity index (χ2v) is 4.88. The summed E-state index contributed by atoms with van der Waals surface area (Å²) >= 11 is 9.07. The molecule has 0 saturated carbocycles. The molecule has 6 heteroatoms. The van der Waals surface area contributed by atoms with Crippen LogP contribution in [-0.2, 0) is 6.42 Å². The maximum absolute atomic E-state index is 13.1. The van der Waals surface area contributed by atoms with E-state index in [0.717, 1.165) is 12.1 Å². The molecule has 0 atom stereocenters. The van der Waals surface area contributed by atoms with Crippen LogP contribution in [0.15, 0.2) is 22.7 Å². The van der Waals surface area contributed by atoms with Crippen LogP contribution in [0.4, 0.5) is 10.2 Å². The number of halogens is 3. The van der Waals surface area contributed by atoms with E-state index in [1.165, 1.54) is 12.1 Å². The SMILES string of the molecule is CCc1nc(-c2ccc(F)c(Cl)c2)nc(N)c1Br. The van der Waals surface area contributed by atoms with E-state index >= 15 is 0 Å². The van der Waals surface area contributed by atoms with Gasteiger partial charge in [0.05, 0.1) is 15.2 Å². The van der Waals surface area contributed by atoms with Crippen LogP contribution in [0.2, 0.25) is 5.02 Å². The predicted molar refractivity (Wildman–Crippen MR) is 73.9 cm³/mol. The van der Waals surface area contributed by atoms with Gasteiger partial charge < -0.3 is 5.73 Å². The van der Waals surface area contributed by atoms with E-state index in [0.29, 0.717) is 21.7 Å². The van der Waals surface area contributed by atoms with Crippen molar-refractivity contribution in [3.8, 4) is 11.4 Å². The Kier molecular flexibility index (Phi) is 3.82. The van der Waals surface area contributed by atoms with Gasteiger partial charge in [0.25, 0.3) is 0 Å². The van der Waals surface area contributed by atoms with E-state index in [4.69, 9.17) is 17.3 Å². The number of nitrogens with two attached hydrogens (primary N) is 1. The lowest BCUT2D eigenvalue weighted by molar-refractivity contribution is 0.628. The molecule has 0 saturated heterocycles. The first-order chi connectivity index (χ1) is 8.52. The van der Waals surface area contributed by atoms with Gasteiger partial charge >= 0.3 is 0 Å². The van der Waals surface area contributed by atoms with Crippen molar-refractivity contribution in [2.75, 3.05) is 5.73 Å². The second kappa shape index (κ2) is 5.20. The lowest BCUT2D eigenvalue weighted by Crippen LogP contribution is -2.02. The number of aryl methyl sites for hydroxylation is 1. The van der Waals surface area contributed by atoms with Crippen molar-refractivity contribution < 1.29 is 4.39 Å². The zero-order valence-electron chi connectivity index (χ0n) is 9.54. The predicted octanol–water partition coefficient (Wildman–Crippen LogP) is 3.84. The highest BCUT2D eigenvalue weighted by Crippen LogP contribution is 2.27. The largest absolute Gasteiger partial charge is 0.383 e. The quantitative estimate of drug-likeness (QED) is 0.910. The number of nitrogens with zero attached hydrogens (tertiary/aromatic N) is 2. The Balaban J connectivity index is 2.57. The Hall–Kier alpha value is -1.20. The highest BCUT2D eigenvalue weighted by Gasteiger charge is 2.11. The Labute approximate surface area is 117 Å². The van der Waals surface area contributed by atoms with Gasteiger partial charge in [0.15, 0.2) is 5.82 Å². The molecule has 3 nitrogen and oxygen atoms in total. The monoisotopic (exact) mass is 329 g/mol. The van der Waals surface area contributed by atoms with E-state index in [1.54, 1.807) is 6.07 Å². The fourth-order valence-electron chi connectivity index (χ4n) is 1.51. The lowest BCUT2D eigenvalue weighted by atomic mass is 10.2.